The number of aryl methyl sites for hydroxylation is 1. The van der Waals surface area contributed by atoms with Gasteiger partial charge in [0.05, 0.1) is 17.2 Å². The molecule has 2 aromatic rings. The van der Waals surface area contributed by atoms with Crippen molar-refractivity contribution in [2.24, 2.45) is 15.1 Å². The van der Waals surface area contributed by atoms with Gasteiger partial charge in [-0.05, 0) is 25.5 Å². The molecule has 2 aromatic heterocycles. The summed E-state index contributed by atoms with van der Waals surface area (Å²) in [5.41, 5.74) is 0.874. The quantitative estimate of drug-likeness (QED) is 0.791. The number of aliphatic imine (C=N–C) groups is 2. The molecule has 4 heterocycles. The van der Waals surface area contributed by atoms with Crippen molar-refractivity contribution < 1.29 is 17.6 Å². The maximum Gasteiger partial charge on any atom is 0.261 e. The number of amidine groups is 1. The van der Waals surface area contributed by atoms with Crippen LogP contribution < -0.4 is 10.5 Å². The number of carbonyl (C=O) groups is 1. The highest BCUT2D eigenvalue weighted by Gasteiger charge is 2.36. The Hall–Kier alpha value is -3.05. The van der Waals surface area contributed by atoms with Gasteiger partial charge in [-0.25, -0.2) is 23.5 Å². The van der Waals surface area contributed by atoms with Gasteiger partial charge in [0, 0.05) is 12.7 Å². The molecule has 146 valence electrons. The Balaban J connectivity index is 1.67. The molecule has 0 aromatic carbocycles. The van der Waals surface area contributed by atoms with Gasteiger partial charge in [0.25, 0.3) is 5.91 Å². The smallest absolute Gasteiger partial charge is 0.261 e. The molecule has 0 spiro atoms. The number of furan rings is 1. The van der Waals surface area contributed by atoms with Crippen LogP contribution in [0.25, 0.3) is 0 Å². The molecular weight excluding hydrogens is 384 g/mol. The molecule has 3 N–H and O–H groups in total. The number of anilines is 1. The predicted octanol–water partition coefficient (Wildman–Crippen LogP) is 1.40. The average molecular weight is 402 g/mol. The molecule has 28 heavy (non-hydrogen) atoms. The highest BCUT2D eigenvalue weighted by atomic mass is 32.2. The number of amides is 1. The third-order valence-electron chi connectivity index (χ3n) is 4.59. The fourth-order valence-electron chi connectivity index (χ4n) is 3.16. The van der Waals surface area contributed by atoms with Crippen LogP contribution in [-0.4, -0.2) is 49.0 Å². The number of hydrogen-bond donors (Lipinski definition) is 2. The molecule has 0 fully saturated rings. The molecule has 10 nitrogen and oxygen atoms in total. The topological polar surface area (TPSA) is 143 Å². The van der Waals surface area contributed by atoms with Gasteiger partial charge in [-0.2, -0.15) is 0 Å². The summed E-state index contributed by atoms with van der Waals surface area (Å²) in [6.45, 7) is 4.43. The van der Waals surface area contributed by atoms with E-state index in [2.05, 4.69) is 27.2 Å². The van der Waals surface area contributed by atoms with E-state index in [4.69, 9.17) is 9.56 Å². The average Bonchev–Trinajstić information content (AvgIpc) is 3.20. The van der Waals surface area contributed by atoms with Gasteiger partial charge >= 0.3 is 0 Å². The number of nitrogens with one attached hydrogen (secondary N) is 1. The second-order valence-corrected chi connectivity index (χ2v) is 8.06. The Morgan fingerprint density at radius 2 is 2.21 bits per heavy atom. The summed E-state index contributed by atoms with van der Waals surface area (Å²) < 4.78 is 28.3. The van der Waals surface area contributed by atoms with Crippen molar-refractivity contribution in [3.8, 4) is 0 Å². The van der Waals surface area contributed by atoms with Crippen LogP contribution in [0.5, 0.6) is 0 Å². The summed E-state index contributed by atoms with van der Waals surface area (Å²) in [6, 6.07) is 2.77. The van der Waals surface area contributed by atoms with E-state index in [0.29, 0.717) is 35.2 Å². The number of fused-ring (bicyclic) bond motifs is 3. The second kappa shape index (κ2) is 6.53. The minimum Gasteiger partial charge on any atom is -0.442 e. The fraction of sp³-hybridized carbons (Fsp3) is 0.294. The number of nitrogens with two attached hydrogens (primary N) is 1. The monoisotopic (exact) mass is 402 g/mol. The van der Waals surface area contributed by atoms with Gasteiger partial charge in [0.1, 0.15) is 28.6 Å². The molecule has 4 rings (SSSR count). The normalized spacial score (nSPS) is 17.9. The standard InChI is InChI=1S/C17H18N6O4S/c1-3-10-7-23-8-20-17-14(15(23)21-10)13(9(2)27-17)16(24)22-12-5-4-11(6-19-12)28(18,25)26/h4-6,8,10H,3,7H2,1-2H3,(H2,18,25,26)(H,19,22,24)/t10-/m0/s1. The van der Waals surface area contributed by atoms with Gasteiger partial charge in [0.2, 0.25) is 15.9 Å². The van der Waals surface area contributed by atoms with E-state index in [1.165, 1.54) is 12.1 Å². The van der Waals surface area contributed by atoms with Crippen LogP contribution in [0.15, 0.2) is 37.6 Å². The Labute approximate surface area is 161 Å². The Kier molecular flexibility index (Phi) is 4.27. The van der Waals surface area contributed by atoms with Gasteiger partial charge in [-0.1, -0.05) is 6.92 Å². The van der Waals surface area contributed by atoms with Crippen LogP contribution in [0.1, 0.15) is 35.0 Å². The van der Waals surface area contributed by atoms with Crippen LogP contribution >= 0.6 is 0 Å². The van der Waals surface area contributed by atoms with Crippen molar-refractivity contribution in [2.45, 2.75) is 31.2 Å². The number of primary sulfonamides is 1. The Morgan fingerprint density at radius 1 is 1.43 bits per heavy atom. The molecule has 0 unspecified atom stereocenters. The summed E-state index contributed by atoms with van der Waals surface area (Å²) in [5, 5.41) is 7.70. The SMILES string of the molecule is CC[C@H]1CN2C=Nc3oc(C)c(C(=O)Nc4ccc(S(N)(=O)=O)cn4)c3C2=N1. The van der Waals surface area contributed by atoms with Gasteiger partial charge in [0.15, 0.2) is 0 Å². The number of sulfonamides is 1. The van der Waals surface area contributed by atoms with E-state index in [-0.39, 0.29) is 16.8 Å². The third-order valence-corrected chi connectivity index (χ3v) is 5.49. The van der Waals surface area contributed by atoms with Gasteiger partial charge in [-0.15, -0.1) is 0 Å². The molecule has 0 saturated carbocycles. The molecule has 0 radical (unpaired) electrons. The summed E-state index contributed by atoms with van der Waals surface area (Å²) >= 11 is 0. The van der Waals surface area contributed by atoms with E-state index >= 15 is 0 Å². The number of nitrogens with zero attached hydrogens (tertiary/aromatic N) is 4. The maximum absolute atomic E-state index is 12.9. The number of aromatic nitrogens is 1. The molecule has 2 aliphatic rings. The van der Waals surface area contributed by atoms with Crippen LogP contribution in [0.4, 0.5) is 11.7 Å². The van der Waals surface area contributed by atoms with Crippen LogP contribution in [0.2, 0.25) is 0 Å². The minimum absolute atomic E-state index is 0.131. The first-order chi connectivity index (χ1) is 13.3. The molecule has 2 aliphatic heterocycles. The first-order valence-corrected chi connectivity index (χ1v) is 10.1. The highest BCUT2D eigenvalue weighted by molar-refractivity contribution is 7.89. The highest BCUT2D eigenvalue weighted by Crippen LogP contribution is 2.35. The van der Waals surface area contributed by atoms with Gasteiger partial charge < -0.3 is 14.6 Å². The molecular formula is C17H18N6O4S. The summed E-state index contributed by atoms with van der Waals surface area (Å²) in [4.78, 5) is 27.6. The van der Waals surface area contributed by atoms with E-state index in [0.717, 1.165) is 12.6 Å². The third kappa shape index (κ3) is 3.08. The zero-order valence-corrected chi connectivity index (χ0v) is 16.0. The van der Waals surface area contributed by atoms with Crippen LogP contribution in [0.3, 0.4) is 0 Å². The lowest BCUT2D eigenvalue weighted by Gasteiger charge is -2.18. The lowest BCUT2D eigenvalue weighted by atomic mass is 10.1. The van der Waals surface area contributed by atoms with Crippen molar-refractivity contribution in [3.63, 3.8) is 0 Å². The number of carbonyl (C=O) groups excluding carboxylic acids is 1. The fourth-order valence-corrected chi connectivity index (χ4v) is 3.61. The van der Waals surface area contributed by atoms with E-state index in [9.17, 15) is 13.2 Å². The summed E-state index contributed by atoms with van der Waals surface area (Å²) in [5.74, 6) is 1.15. The maximum atomic E-state index is 12.9. The second-order valence-electron chi connectivity index (χ2n) is 6.50. The zero-order chi connectivity index (χ0) is 20.1. The number of rotatable bonds is 4. The molecule has 1 amide bonds. The summed E-state index contributed by atoms with van der Waals surface area (Å²) in [6.07, 6.45) is 3.62. The molecule has 0 saturated heterocycles. The van der Waals surface area contributed by atoms with Crippen molar-refractivity contribution in [1.82, 2.24) is 9.88 Å². The Bertz CT molecular complexity index is 1120. The lowest BCUT2D eigenvalue weighted by Crippen LogP contribution is -2.31. The van der Waals surface area contributed by atoms with Crippen molar-refractivity contribution in [3.05, 3.63) is 35.2 Å². The molecule has 0 aliphatic carbocycles. The molecule has 0 bridgehead atoms. The molecule has 11 heteroatoms. The van der Waals surface area contributed by atoms with Crippen molar-refractivity contribution in [2.75, 3.05) is 11.9 Å². The summed E-state index contributed by atoms with van der Waals surface area (Å²) in [7, 11) is -3.86. The first kappa shape index (κ1) is 18.3. The van der Waals surface area contributed by atoms with E-state index in [1.54, 1.807) is 13.3 Å². The largest absolute Gasteiger partial charge is 0.442 e. The number of hydrogen-bond acceptors (Lipinski definition) is 8. The van der Waals surface area contributed by atoms with Crippen LogP contribution in [0, 0.1) is 6.92 Å². The van der Waals surface area contributed by atoms with Crippen LogP contribution in [-0.2, 0) is 10.0 Å². The van der Waals surface area contributed by atoms with Crippen molar-refractivity contribution in [1.29, 1.82) is 0 Å². The minimum atomic E-state index is -3.86. The Morgan fingerprint density at radius 3 is 2.86 bits per heavy atom. The predicted molar refractivity (Wildman–Crippen MR) is 102 cm³/mol. The number of pyridine rings is 1. The van der Waals surface area contributed by atoms with Gasteiger partial charge in [-0.3, -0.25) is 9.79 Å². The van der Waals surface area contributed by atoms with E-state index < -0.39 is 15.9 Å². The van der Waals surface area contributed by atoms with E-state index in [1.807, 2.05) is 4.90 Å². The lowest BCUT2D eigenvalue weighted by molar-refractivity contribution is 0.102. The first-order valence-electron chi connectivity index (χ1n) is 8.60. The van der Waals surface area contributed by atoms with Crippen molar-refractivity contribution >= 4 is 39.8 Å². The zero-order valence-electron chi connectivity index (χ0n) is 15.2. The molecule has 1 atom stereocenters.